The number of rotatable bonds is 3. The Morgan fingerprint density at radius 3 is 2.58 bits per heavy atom. The number of aromatic amines is 1. The molecule has 3 nitrogen and oxygen atoms in total. The van der Waals surface area contributed by atoms with Gasteiger partial charge >= 0.3 is 0 Å². The number of aromatic nitrogens is 2. The third-order valence-electron chi connectivity index (χ3n) is 2.01. The molecule has 0 amide bonds. The predicted octanol–water partition coefficient (Wildman–Crippen LogP) is 1.31. The summed E-state index contributed by atoms with van der Waals surface area (Å²) >= 11 is 0. The number of nitrogens with zero attached hydrogens (tertiary/aromatic N) is 1. The molecule has 0 saturated carbocycles. The molecule has 1 unspecified atom stereocenters. The van der Waals surface area contributed by atoms with E-state index in [-0.39, 0.29) is 6.04 Å². The Hall–Kier alpha value is -0.830. The minimum Gasteiger partial charge on any atom is -0.346 e. The second-order valence-corrected chi connectivity index (χ2v) is 3.41. The molecule has 0 aromatic carbocycles. The topological polar surface area (TPSA) is 54.7 Å². The van der Waals surface area contributed by atoms with Crippen molar-refractivity contribution in [3.63, 3.8) is 0 Å². The van der Waals surface area contributed by atoms with Gasteiger partial charge in [0, 0.05) is 18.2 Å². The molecule has 1 heterocycles. The summed E-state index contributed by atoms with van der Waals surface area (Å²) in [4.78, 5) is 7.60. The van der Waals surface area contributed by atoms with Gasteiger partial charge in [-0.1, -0.05) is 0 Å². The van der Waals surface area contributed by atoms with Crippen molar-refractivity contribution in [1.29, 1.82) is 0 Å². The number of hydrogen-bond donors (Lipinski definition) is 2. The molecule has 0 aliphatic carbocycles. The maximum absolute atomic E-state index is 5.64. The minimum atomic E-state index is 0.260. The monoisotopic (exact) mass is 167 g/mol. The number of H-pyrrole nitrogens is 1. The zero-order valence-corrected chi connectivity index (χ0v) is 8.02. The standard InChI is InChI=1S/C9H17N3/c1-6(10)4-5-9-11-7(2)8(3)12-9/h6H,4-5,10H2,1-3H3,(H,11,12). The Bertz CT molecular complexity index is 231. The molecule has 1 rings (SSSR count). The van der Waals surface area contributed by atoms with Crippen molar-refractivity contribution in [2.75, 3.05) is 0 Å². The zero-order valence-electron chi connectivity index (χ0n) is 8.02. The van der Waals surface area contributed by atoms with Crippen LogP contribution in [0.4, 0.5) is 0 Å². The summed E-state index contributed by atoms with van der Waals surface area (Å²) < 4.78 is 0. The summed E-state index contributed by atoms with van der Waals surface area (Å²) in [5.74, 6) is 1.06. The Morgan fingerprint density at radius 1 is 1.50 bits per heavy atom. The smallest absolute Gasteiger partial charge is 0.106 e. The molecule has 0 bridgehead atoms. The van der Waals surface area contributed by atoms with E-state index >= 15 is 0 Å². The fourth-order valence-corrected chi connectivity index (χ4v) is 1.10. The van der Waals surface area contributed by atoms with Crippen LogP contribution >= 0.6 is 0 Å². The average molecular weight is 167 g/mol. The third kappa shape index (κ3) is 2.34. The van der Waals surface area contributed by atoms with Crippen LogP contribution in [0.5, 0.6) is 0 Å². The number of aryl methyl sites for hydroxylation is 3. The fourth-order valence-electron chi connectivity index (χ4n) is 1.10. The molecule has 0 spiro atoms. The van der Waals surface area contributed by atoms with Crippen LogP contribution in [0.1, 0.15) is 30.6 Å². The number of imidazole rings is 1. The quantitative estimate of drug-likeness (QED) is 0.713. The highest BCUT2D eigenvalue weighted by atomic mass is 14.9. The van der Waals surface area contributed by atoms with Gasteiger partial charge in [-0.3, -0.25) is 0 Å². The van der Waals surface area contributed by atoms with Gasteiger partial charge in [0.2, 0.25) is 0 Å². The zero-order chi connectivity index (χ0) is 9.14. The van der Waals surface area contributed by atoms with Crippen LogP contribution in [-0.2, 0) is 6.42 Å². The number of hydrogen-bond acceptors (Lipinski definition) is 2. The molecule has 1 aromatic heterocycles. The first-order chi connectivity index (χ1) is 5.59. The van der Waals surface area contributed by atoms with Crippen molar-refractivity contribution >= 4 is 0 Å². The van der Waals surface area contributed by atoms with E-state index in [1.165, 1.54) is 0 Å². The van der Waals surface area contributed by atoms with E-state index in [0.717, 1.165) is 30.1 Å². The van der Waals surface area contributed by atoms with Crippen LogP contribution in [0, 0.1) is 13.8 Å². The van der Waals surface area contributed by atoms with E-state index in [1.54, 1.807) is 0 Å². The summed E-state index contributed by atoms with van der Waals surface area (Å²) in [5.41, 5.74) is 7.90. The SMILES string of the molecule is Cc1nc(CCC(C)N)[nH]c1C. The highest BCUT2D eigenvalue weighted by Crippen LogP contribution is 2.05. The maximum Gasteiger partial charge on any atom is 0.106 e. The Balaban J connectivity index is 2.53. The molecule has 0 aliphatic heterocycles. The van der Waals surface area contributed by atoms with Crippen LogP contribution in [0.25, 0.3) is 0 Å². The van der Waals surface area contributed by atoms with Gasteiger partial charge in [0.1, 0.15) is 5.82 Å². The second-order valence-electron chi connectivity index (χ2n) is 3.41. The van der Waals surface area contributed by atoms with Gasteiger partial charge in [0.15, 0.2) is 0 Å². The first-order valence-electron chi connectivity index (χ1n) is 4.37. The molecule has 3 N–H and O–H groups in total. The van der Waals surface area contributed by atoms with Crippen LogP contribution in [-0.4, -0.2) is 16.0 Å². The van der Waals surface area contributed by atoms with Gasteiger partial charge in [-0.05, 0) is 27.2 Å². The highest BCUT2D eigenvalue weighted by molar-refractivity contribution is 5.10. The van der Waals surface area contributed by atoms with Crippen molar-refractivity contribution in [1.82, 2.24) is 9.97 Å². The predicted molar refractivity (Wildman–Crippen MR) is 50.0 cm³/mol. The Morgan fingerprint density at radius 2 is 2.17 bits per heavy atom. The molecule has 0 radical (unpaired) electrons. The number of nitrogens with two attached hydrogens (primary N) is 1. The van der Waals surface area contributed by atoms with Crippen LogP contribution in [0.3, 0.4) is 0 Å². The average Bonchev–Trinajstić information content (AvgIpc) is 2.28. The van der Waals surface area contributed by atoms with Crippen molar-refractivity contribution in [3.05, 3.63) is 17.2 Å². The van der Waals surface area contributed by atoms with E-state index in [9.17, 15) is 0 Å². The van der Waals surface area contributed by atoms with Crippen LogP contribution in [0.15, 0.2) is 0 Å². The fraction of sp³-hybridized carbons (Fsp3) is 0.667. The summed E-state index contributed by atoms with van der Waals surface area (Å²) in [7, 11) is 0. The van der Waals surface area contributed by atoms with Gasteiger partial charge < -0.3 is 10.7 Å². The summed E-state index contributed by atoms with van der Waals surface area (Å²) in [6.45, 7) is 6.07. The lowest BCUT2D eigenvalue weighted by atomic mass is 10.2. The first kappa shape index (κ1) is 9.26. The Kier molecular flexibility index (Phi) is 2.87. The van der Waals surface area contributed by atoms with Gasteiger partial charge in [-0.25, -0.2) is 4.98 Å². The molecule has 3 heteroatoms. The molecule has 0 saturated heterocycles. The van der Waals surface area contributed by atoms with Gasteiger partial charge in [0.05, 0.1) is 5.69 Å². The normalized spacial score (nSPS) is 13.3. The summed E-state index contributed by atoms with van der Waals surface area (Å²) in [6.07, 6.45) is 1.94. The lowest BCUT2D eigenvalue weighted by molar-refractivity contribution is 0.651. The van der Waals surface area contributed by atoms with Crippen LogP contribution in [0.2, 0.25) is 0 Å². The van der Waals surface area contributed by atoms with E-state index in [2.05, 4.69) is 9.97 Å². The van der Waals surface area contributed by atoms with Crippen molar-refractivity contribution < 1.29 is 0 Å². The number of nitrogens with one attached hydrogen (secondary N) is 1. The van der Waals surface area contributed by atoms with Crippen molar-refractivity contribution in [2.45, 2.75) is 39.7 Å². The van der Waals surface area contributed by atoms with Gasteiger partial charge in [-0.2, -0.15) is 0 Å². The largest absolute Gasteiger partial charge is 0.346 e. The highest BCUT2D eigenvalue weighted by Gasteiger charge is 2.02. The lowest BCUT2D eigenvalue weighted by Crippen LogP contribution is -2.15. The van der Waals surface area contributed by atoms with E-state index in [0.29, 0.717) is 0 Å². The molecule has 68 valence electrons. The Labute approximate surface area is 73.4 Å². The first-order valence-corrected chi connectivity index (χ1v) is 4.37. The molecule has 0 fully saturated rings. The molecule has 1 aromatic rings. The maximum atomic E-state index is 5.64. The molecule has 12 heavy (non-hydrogen) atoms. The molecule has 0 aliphatic rings. The molecular weight excluding hydrogens is 150 g/mol. The molecular formula is C9H17N3. The summed E-state index contributed by atoms with van der Waals surface area (Å²) in [6, 6.07) is 0.260. The minimum absolute atomic E-state index is 0.260. The van der Waals surface area contributed by atoms with Gasteiger partial charge in [-0.15, -0.1) is 0 Å². The van der Waals surface area contributed by atoms with E-state index < -0.39 is 0 Å². The lowest BCUT2D eigenvalue weighted by Gasteiger charge is -2.00. The third-order valence-corrected chi connectivity index (χ3v) is 2.01. The van der Waals surface area contributed by atoms with E-state index in [1.807, 2.05) is 20.8 Å². The summed E-state index contributed by atoms with van der Waals surface area (Å²) in [5, 5.41) is 0. The van der Waals surface area contributed by atoms with Crippen molar-refractivity contribution in [3.8, 4) is 0 Å². The van der Waals surface area contributed by atoms with Crippen molar-refractivity contribution in [2.24, 2.45) is 5.73 Å². The van der Waals surface area contributed by atoms with E-state index in [4.69, 9.17) is 5.73 Å². The molecule has 1 atom stereocenters. The van der Waals surface area contributed by atoms with Gasteiger partial charge in [0.25, 0.3) is 0 Å². The second kappa shape index (κ2) is 3.72. The van der Waals surface area contributed by atoms with Crippen LogP contribution < -0.4 is 5.73 Å².